The third-order valence-electron chi connectivity index (χ3n) is 3.88. The van der Waals surface area contributed by atoms with Crippen molar-refractivity contribution in [2.24, 2.45) is 0 Å². The van der Waals surface area contributed by atoms with E-state index in [2.05, 4.69) is 15.5 Å². The first-order valence-corrected chi connectivity index (χ1v) is 9.55. The summed E-state index contributed by atoms with van der Waals surface area (Å²) in [7, 11) is 0. The standard InChI is InChI=1S/C20H14ClN3O2S/c21-16-7-3-4-8-17(16)22-18(25)12-27-20-24-23-19(26-20)15-10-9-13-5-1-2-6-14(13)11-15/h1-11H,12H2,(H,22,25). The van der Waals surface area contributed by atoms with E-state index in [1.807, 2.05) is 48.5 Å². The van der Waals surface area contributed by atoms with Gasteiger partial charge in [-0.25, -0.2) is 0 Å². The Balaban J connectivity index is 1.41. The maximum absolute atomic E-state index is 12.1. The van der Waals surface area contributed by atoms with Gasteiger partial charge < -0.3 is 9.73 Å². The first-order valence-electron chi connectivity index (χ1n) is 8.19. The molecule has 5 nitrogen and oxygen atoms in total. The number of anilines is 1. The van der Waals surface area contributed by atoms with E-state index in [0.29, 0.717) is 21.8 Å². The van der Waals surface area contributed by atoms with Gasteiger partial charge in [0.1, 0.15) is 0 Å². The predicted octanol–water partition coefficient (Wildman–Crippen LogP) is 5.27. The molecule has 7 heteroatoms. The van der Waals surface area contributed by atoms with E-state index in [-0.39, 0.29) is 11.7 Å². The highest BCUT2D eigenvalue weighted by Gasteiger charge is 2.12. The zero-order valence-corrected chi connectivity index (χ0v) is 15.6. The van der Waals surface area contributed by atoms with E-state index < -0.39 is 0 Å². The normalized spacial score (nSPS) is 10.9. The molecule has 0 bridgehead atoms. The number of benzene rings is 3. The average Bonchev–Trinajstić information content (AvgIpc) is 3.17. The van der Waals surface area contributed by atoms with Crippen molar-refractivity contribution in [1.82, 2.24) is 10.2 Å². The molecule has 1 amide bonds. The van der Waals surface area contributed by atoms with E-state index in [1.54, 1.807) is 18.2 Å². The minimum atomic E-state index is -0.196. The summed E-state index contributed by atoms with van der Waals surface area (Å²) < 4.78 is 5.68. The van der Waals surface area contributed by atoms with Gasteiger partial charge in [0.25, 0.3) is 5.22 Å². The number of nitrogens with one attached hydrogen (secondary N) is 1. The highest BCUT2D eigenvalue weighted by molar-refractivity contribution is 7.99. The van der Waals surface area contributed by atoms with Gasteiger partial charge in [0.2, 0.25) is 11.8 Å². The Labute approximate surface area is 164 Å². The first-order chi connectivity index (χ1) is 13.2. The number of fused-ring (bicyclic) bond motifs is 1. The summed E-state index contributed by atoms with van der Waals surface area (Å²) in [6.45, 7) is 0. The number of thioether (sulfide) groups is 1. The summed E-state index contributed by atoms with van der Waals surface area (Å²) >= 11 is 7.21. The lowest BCUT2D eigenvalue weighted by Crippen LogP contribution is -2.14. The molecular weight excluding hydrogens is 382 g/mol. The second-order valence-corrected chi connectivity index (χ2v) is 7.09. The summed E-state index contributed by atoms with van der Waals surface area (Å²) in [5.74, 6) is 0.373. The summed E-state index contributed by atoms with van der Waals surface area (Å²) in [5, 5.41) is 13.9. The number of aromatic nitrogens is 2. The lowest BCUT2D eigenvalue weighted by molar-refractivity contribution is -0.113. The van der Waals surface area contributed by atoms with E-state index in [0.717, 1.165) is 16.3 Å². The molecule has 0 aliphatic carbocycles. The van der Waals surface area contributed by atoms with Gasteiger partial charge in [-0.1, -0.05) is 65.8 Å². The van der Waals surface area contributed by atoms with Gasteiger partial charge in [-0.05, 0) is 35.0 Å². The monoisotopic (exact) mass is 395 g/mol. The summed E-state index contributed by atoms with van der Waals surface area (Å²) in [6, 6.07) is 21.1. The number of rotatable bonds is 5. The van der Waals surface area contributed by atoms with Gasteiger partial charge in [0.05, 0.1) is 16.5 Å². The van der Waals surface area contributed by atoms with Crippen molar-refractivity contribution in [3.05, 3.63) is 71.8 Å². The Morgan fingerprint density at radius 2 is 1.78 bits per heavy atom. The SMILES string of the molecule is O=C(CSc1nnc(-c2ccc3ccccc3c2)o1)Nc1ccccc1Cl. The highest BCUT2D eigenvalue weighted by atomic mass is 35.5. The fourth-order valence-corrected chi connectivity index (χ4v) is 3.33. The quantitative estimate of drug-likeness (QED) is 0.466. The van der Waals surface area contributed by atoms with Crippen LogP contribution in [-0.2, 0) is 4.79 Å². The largest absolute Gasteiger partial charge is 0.411 e. The van der Waals surface area contributed by atoms with E-state index in [1.165, 1.54) is 11.8 Å². The van der Waals surface area contributed by atoms with Crippen molar-refractivity contribution in [3.63, 3.8) is 0 Å². The molecule has 3 aromatic carbocycles. The topological polar surface area (TPSA) is 68.0 Å². The second-order valence-electron chi connectivity index (χ2n) is 5.75. The molecule has 0 atom stereocenters. The van der Waals surface area contributed by atoms with Crippen LogP contribution in [0.4, 0.5) is 5.69 Å². The van der Waals surface area contributed by atoms with Crippen LogP contribution in [0.15, 0.2) is 76.4 Å². The van der Waals surface area contributed by atoms with Crippen molar-refractivity contribution < 1.29 is 9.21 Å². The number of hydrogen-bond acceptors (Lipinski definition) is 5. The molecule has 0 unspecified atom stereocenters. The molecule has 4 aromatic rings. The van der Waals surface area contributed by atoms with Gasteiger partial charge in [0.15, 0.2) is 0 Å². The number of para-hydroxylation sites is 1. The van der Waals surface area contributed by atoms with Crippen LogP contribution in [0.5, 0.6) is 0 Å². The van der Waals surface area contributed by atoms with E-state index >= 15 is 0 Å². The molecule has 27 heavy (non-hydrogen) atoms. The summed E-state index contributed by atoms with van der Waals surface area (Å²) in [5.41, 5.74) is 1.42. The minimum absolute atomic E-state index is 0.143. The van der Waals surface area contributed by atoms with E-state index in [4.69, 9.17) is 16.0 Å². The first kappa shape index (κ1) is 17.6. The van der Waals surface area contributed by atoms with E-state index in [9.17, 15) is 4.79 Å². The van der Waals surface area contributed by atoms with Gasteiger partial charge >= 0.3 is 0 Å². The van der Waals surface area contributed by atoms with Crippen LogP contribution < -0.4 is 5.32 Å². The number of hydrogen-bond donors (Lipinski definition) is 1. The van der Waals surface area contributed by atoms with Crippen molar-refractivity contribution in [1.29, 1.82) is 0 Å². The molecule has 0 fully saturated rings. The second kappa shape index (κ2) is 7.82. The molecule has 4 rings (SSSR count). The molecule has 0 aliphatic rings. The van der Waals surface area contributed by atoms with Gasteiger partial charge in [-0.3, -0.25) is 4.79 Å². The summed E-state index contributed by atoms with van der Waals surface area (Å²) in [4.78, 5) is 12.1. The van der Waals surface area contributed by atoms with Gasteiger partial charge in [0, 0.05) is 5.56 Å². The fourth-order valence-electron chi connectivity index (χ4n) is 2.58. The smallest absolute Gasteiger partial charge is 0.277 e. The fraction of sp³-hybridized carbons (Fsp3) is 0.0500. The van der Waals surface area contributed by atoms with Crippen LogP contribution >= 0.6 is 23.4 Å². The molecule has 0 aliphatic heterocycles. The molecule has 0 radical (unpaired) electrons. The van der Waals surface area contributed by atoms with Crippen LogP contribution in [0.1, 0.15) is 0 Å². The molecule has 1 heterocycles. The molecule has 0 saturated heterocycles. The average molecular weight is 396 g/mol. The molecule has 0 spiro atoms. The van der Waals surface area contributed by atoms with Crippen molar-refractivity contribution >= 4 is 45.7 Å². The maximum Gasteiger partial charge on any atom is 0.277 e. The van der Waals surface area contributed by atoms with Crippen molar-refractivity contribution in [3.8, 4) is 11.5 Å². The Kier molecular flexibility index (Phi) is 5.09. The van der Waals surface area contributed by atoms with Gasteiger partial charge in [-0.15, -0.1) is 10.2 Å². The third kappa shape index (κ3) is 4.13. The molecule has 134 valence electrons. The number of nitrogens with zero attached hydrogens (tertiary/aromatic N) is 2. The molecule has 1 aromatic heterocycles. The Morgan fingerprint density at radius 3 is 2.63 bits per heavy atom. The molecule has 1 N–H and O–H groups in total. The number of halogens is 1. The van der Waals surface area contributed by atoms with Crippen molar-refractivity contribution in [2.45, 2.75) is 5.22 Å². The molecule has 0 saturated carbocycles. The maximum atomic E-state index is 12.1. The highest BCUT2D eigenvalue weighted by Crippen LogP contribution is 2.26. The number of amides is 1. The molecular formula is C20H14ClN3O2S. The Morgan fingerprint density at radius 1 is 1.00 bits per heavy atom. The number of carbonyl (C=O) groups is 1. The van der Waals surface area contributed by atoms with Crippen LogP contribution in [-0.4, -0.2) is 21.9 Å². The van der Waals surface area contributed by atoms with Crippen molar-refractivity contribution in [2.75, 3.05) is 11.1 Å². The zero-order valence-electron chi connectivity index (χ0n) is 14.1. The lowest BCUT2D eigenvalue weighted by Gasteiger charge is -2.05. The van der Waals surface area contributed by atoms with Crippen LogP contribution in [0.25, 0.3) is 22.2 Å². The Hall–Kier alpha value is -2.83. The van der Waals surface area contributed by atoms with Crippen LogP contribution in [0, 0.1) is 0 Å². The predicted molar refractivity (Wildman–Crippen MR) is 108 cm³/mol. The minimum Gasteiger partial charge on any atom is -0.411 e. The van der Waals surface area contributed by atoms with Crippen LogP contribution in [0.2, 0.25) is 5.02 Å². The van der Waals surface area contributed by atoms with Gasteiger partial charge in [-0.2, -0.15) is 0 Å². The zero-order chi connectivity index (χ0) is 18.6. The third-order valence-corrected chi connectivity index (χ3v) is 5.03. The lowest BCUT2D eigenvalue weighted by atomic mass is 10.1. The Bertz CT molecular complexity index is 1110. The number of carbonyl (C=O) groups excluding carboxylic acids is 1. The summed E-state index contributed by atoms with van der Waals surface area (Å²) in [6.07, 6.45) is 0. The van der Waals surface area contributed by atoms with Crippen LogP contribution in [0.3, 0.4) is 0 Å².